The number of ketones is 1. The van der Waals surface area contributed by atoms with E-state index in [4.69, 9.17) is 14.4 Å². The molecule has 1 fully saturated rings. The average Bonchev–Trinajstić information content (AvgIpc) is 3.53. The monoisotopic (exact) mass is 421 g/mol. The van der Waals surface area contributed by atoms with Crippen LogP contribution >= 0.6 is 0 Å². The van der Waals surface area contributed by atoms with Crippen molar-refractivity contribution in [1.29, 1.82) is 0 Å². The summed E-state index contributed by atoms with van der Waals surface area (Å²) in [5.74, 6) is 3.08. The zero-order valence-electron chi connectivity index (χ0n) is 17.9. The van der Waals surface area contributed by atoms with Gasteiger partial charge in [0.2, 0.25) is 11.8 Å². The molecule has 0 spiro atoms. The summed E-state index contributed by atoms with van der Waals surface area (Å²) in [7, 11) is 0. The number of anilines is 3. The Kier molecular flexibility index (Phi) is 5.17. The summed E-state index contributed by atoms with van der Waals surface area (Å²) >= 11 is 0. The Hall–Kier alpha value is -3.23. The molecule has 3 aromatic rings. The maximum atomic E-state index is 12.9. The summed E-state index contributed by atoms with van der Waals surface area (Å²) in [6.45, 7) is 5.02. The lowest BCUT2D eigenvalue weighted by Crippen LogP contribution is -2.38. The first-order valence-electron chi connectivity index (χ1n) is 11.0. The van der Waals surface area contributed by atoms with Crippen LogP contribution in [0.15, 0.2) is 22.9 Å². The molecule has 31 heavy (non-hydrogen) atoms. The smallest absolute Gasteiger partial charge is 0.228 e. The predicted molar refractivity (Wildman–Crippen MR) is 116 cm³/mol. The van der Waals surface area contributed by atoms with Gasteiger partial charge in [-0.2, -0.15) is 10.1 Å². The number of Topliss-reactive ketones (excluding diaryl/α,β-unsaturated/α-hetero) is 1. The number of nitrogens with one attached hydrogen (secondary N) is 2. The van der Waals surface area contributed by atoms with Gasteiger partial charge in [-0.3, -0.25) is 9.89 Å². The Labute approximate surface area is 180 Å². The minimum absolute atomic E-state index is 0.0902. The Morgan fingerprint density at radius 3 is 3.00 bits per heavy atom. The van der Waals surface area contributed by atoms with Crippen LogP contribution < -0.4 is 10.2 Å². The summed E-state index contributed by atoms with van der Waals surface area (Å²) < 4.78 is 5.27. The van der Waals surface area contributed by atoms with Crippen molar-refractivity contribution < 1.29 is 9.21 Å². The first kappa shape index (κ1) is 19.7. The standard InChI is InChI=1S/C22H27N7O2/c1-13(2)16-11-19(28-27-16)25-21-14-5-3-6-15(14)24-22(26-21)29-9-4-7-17(29)18(30)12-20-23-8-10-31-20/h8,10-11,13,17H,3-7,9,12H2,1-2H3,(H2,24,25,26,27,28). The van der Waals surface area contributed by atoms with Crippen molar-refractivity contribution in [2.75, 3.05) is 16.8 Å². The van der Waals surface area contributed by atoms with E-state index in [0.29, 0.717) is 17.8 Å². The van der Waals surface area contributed by atoms with Gasteiger partial charge in [0.25, 0.3) is 0 Å². The van der Waals surface area contributed by atoms with Gasteiger partial charge < -0.3 is 14.6 Å². The fourth-order valence-electron chi connectivity index (χ4n) is 4.42. The van der Waals surface area contributed by atoms with Crippen molar-refractivity contribution in [2.45, 2.75) is 64.3 Å². The highest BCUT2D eigenvalue weighted by Crippen LogP contribution is 2.33. The van der Waals surface area contributed by atoms with Gasteiger partial charge in [0, 0.05) is 23.9 Å². The van der Waals surface area contributed by atoms with Gasteiger partial charge in [0.05, 0.1) is 24.4 Å². The number of carbonyl (C=O) groups excluding carboxylic acids is 1. The number of aryl methyl sites for hydroxylation is 1. The highest BCUT2D eigenvalue weighted by molar-refractivity contribution is 5.88. The molecule has 1 unspecified atom stereocenters. The Morgan fingerprint density at radius 1 is 1.32 bits per heavy atom. The van der Waals surface area contributed by atoms with E-state index in [9.17, 15) is 4.79 Å². The Bertz CT molecular complexity index is 1070. The van der Waals surface area contributed by atoms with Crippen LogP contribution in [0.3, 0.4) is 0 Å². The molecule has 1 aliphatic carbocycles. The molecule has 0 bridgehead atoms. The summed E-state index contributed by atoms with van der Waals surface area (Å²) in [5.41, 5.74) is 3.29. The number of hydrogen-bond acceptors (Lipinski definition) is 8. The maximum absolute atomic E-state index is 12.9. The summed E-state index contributed by atoms with van der Waals surface area (Å²) in [6.07, 6.45) is 7.92. The van der Waals surface area contributed by atoms with E-state index in [1.54, 1.807) is 6.20 Å². The summed E-state index contributed by atoms with van der Waals surface area (Å²) in [6, 6.07) is 1.77. The lowest BCUT2D eigenvalue weighted by molar-refractivity contribution is -0.119. The first-order chi connectivity index (χ1) is 15.1. The summed E-state index contributed by atoms with van der Waals surface area (Å²) in [5, 5.41) is 10.9. The molecule has 9 nitrogen and oxygen atoms in total. The number of aromatic amines is 1. The van der Waals surface area contributed by atoms with E-state index in [2.05, 4.69) is 34.3 Å². The third kappa shape index (κ3) is 3.92. The van der Waals surface area contributed by atoms with Gasteiger partial charge in [-0.05, 0) is 38.0 Å². The van der Waals surface area contributed by atoms with Crippen molar-refractivity contribution in [1.82, 2.24) is 25.1 Å². The average molecular weight is 422 g/mol. The number of hydrogen-bond donors (Lipinski definition) is 2. The second kappa shape index (κ2) is 8.13. The molecule has 0 aromatic carbocycles. The molecular weight excluding hydrogens is 394 g/mol. The molecule has 0 radical (unpaired) electrons. The van der Waals surface area contributed by atoms with Crippen molar-refractivity contribution in [2.24, 2.45) is 0 Å². The van der Waals surface area contributed by atoms with Crippen LogP contribution in [0.4, 0.5) is 17.6 Å². The Morgan fingerprint density at radius 2 is 2.23 bits per heavy atom. The quantitative estimate of drug-likeness (QED) is 0.597. The van der Waals surface area contributed by atoms with Crippen LogP contribution in [-0.4, -0.2) is 43.5 Å². The van der Waals surface area contributed by atoms with Crippen molar-refractivity contribution in [3.05, 3.63) is 41.4 Å². The van der Waals surface area contributed by atoms with Crippen LogP contribution in [-0.2, 0) is 24.1 Å². The molecule has 3 aromatic heterocycles. The molecule has 1 atom stereocenters. The number of oxazole rings is 1. The molecule has 9 heteroatoms. The number of aromatic nitrogens is 5. The van der Waals surface area contributed by atoms with Crippen LogP contribution in [0.25, 0.3) is 0 Å². The highest BCUT2D eigenvalue weighted by atomic mass is 16.3. The van der Waals surface area contributed by atoms with Crippen LogP contribution in [0.1, 0.15) is 61.9 Å². The Balaban J connectivity index is 1.42. The van der Waals surface area contributed by atoms with E-state index < -0.39 is 0 Å². The molecule has 4 heterocycles. The van der Waals surface area contributed by atoms with Gasteiger partial charge >= 0.3 is 0 Å². The molecule has 5 rings (SSSR count). The molecule has 1 aliphatic heterocycles. The van der Waals surface area contributed by atoms with E-state index in [-0.39, 0.29) is 18.2 Å². The van der Waals surface area contributed by atoms with Gasteiger partial charge in [-0.1, -0.05) is 13.8 Å². The fraction of sp³-hybridized carbons (Fsp3) is 0.500. The van der Waals surface area contributed by atoms with Crippen LogP contribution in [0.5, 0.6) is 0 Å². The topological polar surface area (TPSA) is 113 Å². The molecule has 1 saturated heterocycles. The number of rotatable bonds is 7. The normalized spacial score (nSPS) is 18.0. The molecule has 2 N–H and O–H groups in total. The second-order valence-electron chi connectivity index (χ2n) is 8.56. The van der Waals surface area contributed by atoms with Crippen molar-refractivity contribution in [3.63, 3.8) is 0 Å². The minimum Gasteiger partial charge on any atom is -0.449 e. The largest absolute Gasteiger partial charge is 0.449 e. The lowest BCUT2D eigenvalue weighted by atomic mass is 10.1. The number of carbonyl (C=O) groups is 1. The maximum Gasteiger partial charge on any atom is 0.228 e. The van der Waals surface area contributed by atoms with Crippen molar-refractivity contribution >= 4 is 23.4 Å². The molecule has 0 amide bonds. The third-order valence-corrected chi connectivity index (χ3v) is 6.08. The molecule has 0 saturated carbocycles. The van der Waals surface area contributed by atoms with Gasteiger partial charge in [-0.15, -0.1) is 0 Å². The number of nitrogens with zero attached hydrogens (tertiary/aromatic N) is 5. The minimum atomic E-state index is -0.253. The lowest BCUT2D eigenvalue weighted by Gasteiger charge is -2.24. The number of fused-ring (bicyclic) bond motifs is 1. The van der Waals surface area contributed by atoms with Crippen molar-refractivity contribution in [3.8, 4) is 0 Å². The predicted octanol–water partition coefficient (Wildman–Crippen LogP) is 3.32. The zero-order chi connectivity index (χ0) is 21.4. The number of H-pyrrole nitrogens is 1. The van der Waals surface area contributed by atoms with Crippen LogP contribution in [0, 0.1) is 0 Å². The SMILES string of the molecule is CC(C)c1cc(Nc2nc(N3CCCC3C(=O)Cc3ncco3)nc3c2CCC3)n[nH]1. The molecular formula is C22H27N7O2. The van der Waals surface area contributed by atoms with Gasteiger partial charge in [-0.25, -0.2) is 9.97 Å². The van der Waals surface area contributed by atoms with Gasteiger partial charge in [0.1, 0.15) is 12.1 Å². The summed E-state index contributed by atoms with van der Waals surface area (Å²) in [4.78, 5) is 28.8. The second-order valence-corrected chi connectivity index (χ2v) is 8.56. The molecule has 2 aliphatic rings. The van der Waals surface area contributed by atoms with Gasteiger partial charge in [0.15, 0.2) is 11.6 Å². The van der Waals surface area contributed by atoms with E-state index in [1.165, 1.54) is 6.26 Å². The van der Waals surface area contributed by atoms with E-state index in [1.807, 2.05) is 11.0 Å². The first-order valence-corrected chi connectivity index (χ1v) is 11.0. The zero-order valence-corrected chi connectivity index (χ0v) is 17.9. The van der Waals surface area contributed by atoms with E-state index in [0.717, 1.165) is 67.2 Å². The molecule has 162 valence electrons. The van der Waals surface area contributed by atoms with E-state index >= 15 is 0 Å². The fourth-order valence-corrected chi connectivity index (χ4v) is 4.42. The highest BCUT2D eigenvalue weighted by Gasteiger charge is 2.34. The van der Waals surface area contributed by atoms with Crippen LogP contribution in [0.2, 0.25) is 0 Å². The third-order valence-electron chi connectivity index (χ3n) is 6.08.